The van der Waals surface area contributed by atoms with Gasteiger partial charge in [-0.25, -0.2) is 13.2 Å². The van der Waals surface area contributed by atoms with Gasteiger partial charge in [-0.05, 0) is 48.5 Å². The Balaban J connectivity index is 0.000000320. The lowest BCUT2D eigenvalue weighted by atomic mass is 9.37. The molecule has 28 heavy (non-hydrogen) atoms. The molecule has 5 heteroatoms. The molecule has 138 valence electrons. The van der Waals surface area contributed by atoms with Gasteiger partial charge in [0.2, 0.25) is 6.71 Å². The molecular formula is C23H17BF3N. The Morgan fingerprint density at radius 2 is 0.786 bits per heavy atom. The summed E-state index contributed by atoms with van der Waals surface area (Å²) in [7, 11) is 0. The second kappa shape index (κ2) is 9.56. The number of halogens is 3. The minimum Gasteiger partial charge on any atom is -0.265 e. The van der Waals surface area contributed by atoms with Crippen molar-refractivity contribution in [3.8, 4) is 0 Å². The smallest absolute Gasteiger partial charge is 0.241 e. The minimum absolute atomic E-state index is 0.207. The van der Waals surface area contributed by atoms with Crippen molar-refractivity contribution in [3.63, 3.8) is 0 Å². The first-order valence-corrected chi connectivity index (χ1v) is 8.75. The number of hydrogen-bond donors (Lipinski definition) is 0. The van der Waals surface area contributed by atoms with Crippen LogP contribution >= 0.6 is 0 Å². The first-order valence-electron chi connectivity index (χ1n) is 8.75. The number of benzene rings is 3. The molecule has 4 aromatic rings. The van der Waals surface area contributed by atoms with Crippen molar-refractivity contribution in [1.82, 2.24) is 4.98 Å². The number of hydrogen-bond acceptors (Lipinski definition) is 1. The van der Waals surface area contributed by atoms with Crippen LogP contribution in [0.3, 0.4) is 0 Å². The van der Waals surface area contributed by atoms with Gasteiger partial charge in [0.15, 0.2) is 0 Å². The average Bonchev–Trinajstić information content (AvgIpc) is 2.74. The monoisotopic (exact) mass is 375 g/mol. The molecule has 0 N–H and O–H groups in total. The van der Waals surface area contributed by atoms with Crippen LogP contribution in [0.15, 0.2) is 103 Å². The number of aromatic nitrogens is 1. The molecule has 0 atom stereocenters. The molecule has 0 radical (unpaired) electrons. The summed E-state index contributed by atoms with van der Waals surface area (Å²) >= 11 is 0. The molecule has 1 heterocycles. The molecule has 0 aliphatic rings. The van der Waals surface area contributed by atoms with Crippen molar-refractivity contribution in [1.29, 1.82) is 0 Å². The normalized spacial score (nSPS) is 9.96. The van der Waals surface area contributed by atoms with Crippen LogP contribution in [0.25, 0.3) is 0 Å². The Hall–Kier alpha value is -3.34. The Morgan fingerprint density at radius 1 is 0.464 bits per heavy atom. The summed E-state index contributed by atoms with van der Waals surface area (Å²) in [5, 5.41) is 0. The van der Waals surface area contributed by atoms with Gasteiger partial charge in [0, 0.05) is 12.4 Å². The SMILES string of the molecule is Fc1ccc(B(c2ccc(F)cc2)c2ccc(F)cc2)cc1.c1ccncc1. The zero-order valence-electron chi connectivity index (χ0n) is 15.0. The van der Waals surface area contributed by atoms with Gasteiger partial charge in [-0.2, -0.15) is 0 Å². The molecule has 0 aliphatic heterocycles. The molecule has 0 spiro atoms. The maximum atomic E-state index is 13.2. The lowest BCUT2D eigenvalue weighted by Gasteiger charge is -2.15. The van der Waals surface area contributed by atoms with Gasteiger partial charge in [0.25, 0.3) is 0 Å². The second-order valence-corrected chi connectivity index (χ2v) is 6.11. The van der Waals surface area contributed by atoms with E-state index in [1.807, 2.05) is 18.2 Å². The third-order valence-corrected chi connectivity index (χ3v) is 4.18. The van der Waals surface area contributed by atoms with E-state index in [0.29, 0.717) is 0 Å². The predicted octanol–water partition coefficient (Wildman–Crippen LogP) is 3.70. The summed E-state index contributed by atoms with van der Waals surface area (Å²) in [6.07, 6.45) is 3.50. The third-order valence-electron chi connectivity index (χ3n) is 4.18. The zero-order chi connectivity index (χ0) is 19.8. The highest BCUT2D eigenvalue weighted by Crippen LogP contribution is 2.01. The Bertz CT molecular complexity index is 838. The lowest BCUT2D eigenvalue weighted by molar-refractivity contribution is 0.628. The molecule has 0 saturated heterocycles. The van der Waals surface area contributed by atoms with Crippen molar-refractivity contribution in [2.24, 2.45) is 0 Å². The van der Waals surface area contributed by atoms with Crippen LogP contribution in [0, 0.1) is 17.5 Å². The Labute approximate surface area is 162 Å². The maximum absolute atomic E-state index is 13.2. The van der Waals surface area contributed by atoms with Crippen LogP contribution < -0.4 is 16.4 Å². The van der Waals surface area contributed by atoms with E-state index in [2.05, 4.69) is 4.98 Å². The van der Waals surface area contributed by atoms with Crippen molar-refractivity contribution in [3.05, 3.63) is 121 Å². The minimum atomic E-state index is -0.319. The molecule has 0 saturated carbocycles. The highest BCUT2D eigenvalue weighted by Gasteiger charge is 2.21. The van der Waals surface area contributed by atoms with Gasteiger partial charge in [-0.15, -0.1) is 0 Å². The van der Waals surface area contributed by atoms with E-state index in [4.69, 9.17) is 0 Å². The predicted molar refractivity (Wildman–Crippen MR) is 108 cm³/mol. The molecular weight excluding hydrogens is 358 g/mol. The molecule has 0 amide bonds. The van der Waals surface area contributed by atoms with Crippen LogP contribution in [-0.4, -0.2) is 11.7 Å². The fourth-order valence-electron chi connectivity index (χ4n) is 2.86. The maximum Gasteiger partial charge on any atom is 0.241 e. The Kier molecular flexibility index (Phi) is 6.63. The van der Waals surface area contributed by atoms with Crippen molar-refractivity contribution >= 4 is 23.1 Å². The third kappa shape index (κ3) is 5.33. The van der Waals surface area contributed by atoms with E-state index in [9.17, 15) is 13.2 Å². The summed E-state index contributed by atoms with van der Waals surface area (Å²) in [5.41, 5.74) is 2.58. The van der Waals surface area contributed by atoms with E-state index < -0.39 is 0 Å². The molecule has 0 fully saturated rings. The van der Waals surface area contributed by atoms with E-state index in [-0.39, 0.29) is 24.2 Å². The molecule has 0 aliphatic carbocycles. The number of nitrogens with zero attached hydrogens (tertiary/aromatic N) is 1. The Morgan fingerprint density at radius 3 is 1.00 bits per heavy atom. The fraction of sp³-hybridized carbons (Fsp3) is 0. The second-order valence-electron chi connectivity index (χ2n) is 6.11. The standard InChI is InChI=1S/C18H12BF3.C5H5N/c20-16-7-1-13(2-8-16)19(14-3-9-17(21)10-4-14)15-5-11-18(22)12-6-15;1-2-4-6-5-3-1/h1-12H;1-5H. The van der Waals surface area contributed by atoms with E-state index in [0.717, 1.165) is 16.4 Å². The lowest BCUT2D eigenvalue weighted by Crippen LogP contribution is -2.51. The summed E-state index contributed by atoms with van der Waals surface area (Å²) in [4.78, 5) is 3.78. The van der Waals surface area contributed by atoms with Gasteiger partial charge in [-0.3, -0.25) is 4.98 Å². The number of pyridine rings is 1. The molecule has 3 aromatic carbocycles. The molecule has 4 rings (SSSR count). The largest absolute Gasteiger partial charge is 0.265 e. The van der Waals surface area contributed by atoms with E-state index in [1.54, 1.807) is 48.8 Å². The van der Waals surface area contributed by atoms with Gasteiger partial charge in [-0.1, -0.05) is 58.9 Å². The quantitative estimate of drug-likeness (QED) is 0.498. The van der Waals surface area contributed by atoms with Gasteiger partial charge in [0.05, 0.1) is 0 Å². The topological polar surface area (TPSA) is 12.9 Å². The van der Waals surface area contributed by atoms with Crippen LogP contribution in [-0.2, 0) is 0 Å². The summed E-state index contributed by atoms with van der Waals surface area (Å²) < 4.78 is 39.5. The van der Waals surface area contributed by atoms with E-state index in [1.165, 1.54) is 36.4 Å². The fourth-order valence-corrected chi connectivity index (χ4v) is 2.86. The van der Waals surface area contributed by atoms with Crippen LogP contribution in [0.4, 0.5) is 13.2 Å². The molecule has 0 unspecified atom stereocenters. The molecule has 1 aromatic heterocycles. The highest BCUT2D eigenvalue weighted by atomic mass is 19.1. The van der Waals surface area contributed by atoms with Gasteiger partial charge >= 0.3 is 0 Å². The summed E-state index contributed by atoms with van der Waals surface area (Å²) in [6, 6.07) is 24.1. The van der Waals surface area contributed by atoms with Crippen LogP contribution in [0.1, 0.15) is 0 Å². The summed E-state index contributed by atoms with van der Waals surface area (Å²) in [5.74, 6) is -0.956. The van der Waals surface area contributed by atoms with Gasteiger partial charge < -0.3 is 0 Å². The first-order chi connectivity index (χ1) is 13.6. The average molecular weight is 375 g/mol. The van der Waals surface area contributed by atoms with Crippen LogP contribution in [0.2, 0.25) is 0 Å². The first kappa shape index (κ1) is 19.4. The van der Waals surface area contributed by atoms with Crippen LogP contribution in [0.5, 0.6) is 0 Å². The van der Waals surface area contributed by atoms with Crippen molar-refractivity contribution in [2.45, 2.75) is 0 Å². The molecule has 0 bridgehead atoms. The van der Waals surface area contributed by atoms with E-state index >= 15 is 0 Å². The van der Waals surface area contributed by atoms with Crippen molar-refractivity contribution in [2.75, 3.05) is 0 Å². The highest BCUT2D eigenvalue weighted by molar-refractivity contribution is 6.95. The summed E-state index contributed by atoms with van der Waals surface area (Å²) in [6.45, 7) is -0.207. The van der Waals surface area contributed by atoms with Crippen molar-refractivity contribution < 1.29 is 13.2 Å². The zero-order valence-corrected chi connectivity index (χ0v) is 15.0. The number of rotatable bonds is 3. The molecule has 1 nitrogen and oxygen atoms in total. The van der Waals surface area contributed by atoms with Gasteiger partial charge in [0.1, 0.15) is 17.5 Å².